The van der Waals surface area contributed by atoms with Gasteiger partial charge in [-0.15, -0.1) is 0 Å². The molecule has 3 nitrogen and oxygen atoms in total. The van der Waals surface area contributed by atoms with E-state index in [4.69, 9.17) is 0 Å². The summed E-state index contributed by atoms with van der Waals surface area (Å²) in [7, 11) is 2.04. The molecule has 20 heavy (non-hydrogen) atoms. The lowest BCUT2D eigenvalue weighted by molar-refractivity contribution is 0.261. The maximum Gasteiger partial charge on any atom is 0.254 e. The number of carbonyl (C=O) groups excluding carboxylic acids is 1. The van der Waals surface area contributed by atoms with E-state index in [-0.39, 0.29) is 5.65 Å². The second-order valence-electron chi connectivity index (χ2n) is 4.08. The van der Waals surface area contributed by atoms with Crippen LogP contribution in [0, 0.1) is 0 Å². The molecule has 1 atom stereocenters. The number of amides is 1. The first-order valence-electron chi connectivity index (χ1n) is 6.17. The number of carbonyl (C=O) groups is 1. The Bertz CT molecular complexity index is 621. The molecule has 0 heterocycles. The SMILES string of the molecule is O=C(P)NN=C(C=Cc1ccccc1)c1ccccc1. The summed E-state index contributed by atoms with van der Waals surface area (Å²) < 4.78 is 0. The molecule has 1 amide bonds. The highest BCUT2D eigenvalue weighted by atomic mass is 31.0. The Balaban J connectivity index is 2.26. The van der Waals surface area contributed by atoms with Gasteiger partial charge in [0.1, 0.15) is 0 Å². The zero-order valence-corrected chi connectivity index (χ0v) is 12.0. The van der Waals surface area contributed by atoms with Crippen LogP contribution in [-0.2, 0) is 0 Å². The lowest BCUT2D eigenvalue weighted by Crippen LogP contribution is -2.11. The van der Waals surface area contributed by atoms with Gasteiger partial charge in [-0.1, -0.05) is 66.7 Å². The molecule has 4 heteroatoms. The Morgan fingerprint density at radius 1 is 1.00 bits per heavy atom. The maximum absolute atomic E-state index is 11.0. The highest BCUT2D eigenvalue weighted by Crippen LogP contribution is 2.06. The fourth-order valence-electron chi connectivity index (χ4n) is 1.66. The van der Waals surface area contributed by atoms with Gasteiger partial charge in [-0.25, -0.2) is 5.43 Å². The molecule has 0 saturated heterocycles. The fraction of sp³-hybridized carbons (Fsp3) is 0. The molecular weight excluding hydrogens is 267 g/mol. The van der Waals surface area contributed by atoms with Crippen LogP contribution in [-0.4, -0.2) is 11.4 Å². The van der Waals surface area contributed by atoms with Gasteiger partial charge in [-0.3, -0.25) is 4.79 Å². The van der Waals surface area contributed by atoms with Gasteiger partial charge in [0.05, 0.1) is 5.71 Å². The number of hydrogen-bond acceptors (Lipinski definition) is 2. The van der Waals surface area contributed by atoms with Gasteiger partial charge in [-0.2, -0.15) is 5.10 Å². The van der Waals surface area contributed by atoms with Gasteiger partial charge in [0, 0.05) is 5.56 Å². The first-order chi connectivity index (χ1) is 9.75. The Morgan fingerprint density at radius 3 is 2.20 bits per heavy atom. The smallest absolute Gasteiger partial charge is 0.254 e. The van der Waals surface area contributed by atoms with Crippen molar-refractivity contribution in [3.8, 4) is 0 Å². The molecule has 0 aliphatic carbocycles. The number of rotatable bonds is 4. The van der Waals surface area contributed by atoms with Crippen molar-refractivity contribution in [2.24, 2.45) is 5.10 Å². The van der Waals surface area contributed by atoms with E-state index in [0.29, 0.717) is 5.71 Å². The Labute approximate surface area is 120 Å². The zero-order valence-electron chi connectivity index (χ0n) is 10.9. The minimum Gasteiger partial charge on any atom is -0.269 e. The first kappa shape index (κ1) is 14.2. The summed E-state index contributed by atoms with van der Waals surface area (Å²) >= 11 is 0. The van der Waals surface area contributed by atoms with E-state index in [1.54, 1.807) is 0 Å². The van der Waals surface area contributed by atoms with Crippen LogP contribution < -0.4 is 5.43 Å². The third-order valence-corrected chi connectivity index (χ3v) is 2.72. The minimum absolute atomic E-state index is 0.272. The summed E-state index contributed by atoms with van der Waals surface area (Å²) in [5, 5.41) is 4.12. The highest BCUT2D eigenvalue weighted by molar-refractivity contribution is 7.39. The van der Waals surface area contributed by atoms with Gasteiger partial charge in [0.2, 0.25) is 0 Å². The first-order valence-corrected chi connectivity index (χ1v) is 6.75. The van der Waals surface area contributed by atoms with Crippen LogP contribution in [0.25, 0.3) is 6.08 Å². The molecule has 0 aliphatic rings. The standard InChI is InChI=1S/C16H15N2OP/c19-16(20)18-17-15(14-9-5-2-6-10-14)12-11-13-7-3-1-4-8-13/h1-12H,20H2,(H,18,19). The number of benzene rings is 2. The molecule has 2 rings (SSSR count). The number of allylic oxidation sites excluding steroid dienone is 1. The van der Waals surface area contributed by atoms with Crippen LogP contribution in [0.5, 0.6) is 0 Å². The number of nitrogens with one attached hydrogen (secondary N) is 1. The van der Waals surface area contributed by atoms with Crippen LogP contribution in [0.4, 0.5) is 4.79 Å². The van der Waals surface area contributed by atoms with Crippen molar-refractivity contribution < 1.29 is 4.79 Å². The van der Waals surface area contributed by atoms with Crippen molar-refractivity contribution in [3.63, 3.8) is 0 Å². The van der Waals surface area contributed by atoms with Crippen molar-refractivity contribution in [1.82, 2.24) is 5.43 Å². The van der Waals surface area contributed by atoms with Crippen molar-refractivity contribution in [1.29, 1.82) is 0 Å². The van der Waals surface area contributed by atoms with Gasteiger partial charge in [-0.05, 0) is 20.9 Å². The molecule has 1 N–H and O–H groups in total. The Hall–Kier alpha value is -2.25. The number of nitrogens with zero attached hydrogens (tertiary/aromatic N) is 1. The summed E-state index contributed by atoms with van der Waals surface area (Å²) in [4.78, 5) is 11.0. The van der Waals surface area contributed by atoms with Crippen molar-refractivity contribution in [2.75, 3.05) is 0 Å². The lowest BCUT2D eigenvalue weighted by atomic mass is 10.1. The summed E-state index contributed by atoms with van der Waals surface area (Å²) in [6.07, 6.45) is 3.84. The molecule has 0 aromatic heterocycles. The Kier molecular flexibility index (Phi) is 5.22. The van der Waals surface area contributed by atoms with Crippen LogP contribution in [0.15, 0.2) is 71.8 Å². The van der Waals surface area contributed by atoms with E-state index in [1.165, 1.54) is 0 Å². The third kappa shape index (κ3) is 4.45. The zero-order chi connectivity index (χ0) is 14.2. The predicted molar refractivity (Wildman–Crippen MR) is 86.7 cm³/mol. The van der Waals surface area contributed by atoms with Gasteiger partial charge in [0.15, 0.2) is 0 Å². The van der Waals surface area contributed by atoms with Crippen LogP contribution in [0.1, 0.15) is 11.1 Å². The van der Waals surface area contributed by atoms with Crippen molar-refractivity contribution in [2.45, 2.75) is 0 Å². The van der Waals surface area contributed by atoms with Gasteiger partial charge < -0.3 is 0 Å². The summed E-state index contributed by atoms with van der Waals surface area (Å²) in [5.41, 5.74) is 4.89. The van der Waals surface area contributed by atoms with E-state index in [2.05, 4.69) is 10.5 Å². The van der Waals surface area contributed by atoms with E-state index in [0.717, 1.165) is 11.1 Å². The summed E-state index contributed by atoms with van der Waals surface area (Å²) in [6, 6.07) is 19.6. The van der Waals surface area contributed by atoms with Crippen molar-refractivity contribution in [3.05, 3.63) is 77.9 Å². The van der Waals surface area contributed by atoms with Gasteiger partial charge >= 0.3 is 0 Å². The van der Waals surface area contributed by atoms with E-state index < -0.39 is 0 Å². The molecule has 0 spiro atoms. The summed E-state index contributed by atoms with van der Waals surface area (Å²) in [5.74, 6) is 0. The quantitative estimate of drug-likeness (QED) is 0.518. The number of hydrazone groups is 1. The Morgan fingerprint density at radius 2 is 1.60 bits per heavy atom. The van der Waals surface area contributed by atoms with Crippen LogP contribution in [0.3, 0.4) is 0 Å². The topological polar surface area (TPSA) is 41.5 Å². The van der Waals surface area contributed by atoms with Gasteiger partial charge in [0.25, 0.3) is 5.65 Å². The molecule has 0 fully saturated rings. The molecule has 0 radical (unpaired) electrons. The largest absolute Gasteiger partial charge is 0.269 e. The molecule has 0 bridgehead atoms. The van der Waals surface area contributed by atoms with Crippen LogP contribution >= 0.6 is 9.24 Å². The normalized spacial score (nSPS) is 11.6. The maximum atomic E-state index is 11.0. The van der Waals surface area contributed by atoms with E-state index in [1.807, 2.05) is 82.1 Å². The van der Waals surface area contributed by atoms with Crippen LogP contribution in [0.2, 0.25) is 0 Å². The second kappa shape index (κ2) is 7.37. The molecule has 0 aliphatic heterocycles. The predicted octanol–water partition coefficient (Wildman–Crippen LogP) is 3.69. The molecular formula is C16H15N2OP. The monoisotopic (exact) mass is 282 g/mol. The average molecular weight is 282 g/mol. The fourth-order valence-corrected chi connectivity index (χ4v) is 1.73. The van der Waals surface area contributed by atoms with E-state index in [9.17, 15) is 4.79 Å². The molecule has 1 unspecified atom stereocenters. The minimum atomic E-state index is -0.272. The van der Waals surface area contributed by atoms with E-state index >= 15 is 0 Å². The molecule has 2 aromatic rings. The molecule has 2 aromatic carbocycles. The second-order valence-corrected chi connectivity index (χ2v) is 4.61. The third-order valence-electron chi connectivity index (χ3n) is 2.59. The molecule has 100 valence electrons. The average Bonchev–Trinajstić information content (AvgIpc) is 2.49. The lowest BCUT2D eigenvalue weighted by Gasteiger charge is -2.02. The molecule has 0 saturated carbocycles. The summed E-state index contributed by atoms with van der Waals surface area (Å²) in [6.45, 7) is 0. The highest BCUT2D eigenvalue weighted by Gasteiger charge is 1.99. The number of hydrogen-bond donors (Lipinski definition) is 1. The van der Waals surface area contributed by atoms with Crippen molar-refractivity contribution >= 4 is 26.7 Å².